The molecule has 0 N–H and O–H groups in total. The van der Waals surface area contributed by atoms with Crippen molar-refractivity contribution in [3.63, 3.8) is 0 Å². The highest BCUT2D eigenvalue weighted by molar-refractivity contribution is 4.95. The summed E-state index contributed by atoms with van der Waals surface area (Å²) in [4.78, 5) is 0. The Hall–Kier alpha value is -0.0700. The van der Waals surface area contributed by atoms with Crippen molar-refractivity contribution in [2.75, 3.05) is 6.67 Å². The molecule has 0 nitrogen and oxygen atoms in total. The van der Waals surface area contributed by atoms with Gasteiger partial charge in [0.1, 0.15) is 0 Å². The van der Waals surface area contributed by atoms with E-state index in [1.165, 1.54) is 70.6 Å². The minimum Gasteiger partial charge on any atom is -0.251 e. The lowest BCUT2D eigenvalue weighted by atomic mass is 9.54. The third-order valence-corrected chi connectivity index (χ3v) is 6.67. The summed E-state index contributed by atoms with van der Waals surface area (Å²) in [5.41, 5.74) is 0.614. The molecule has 0 amide bonds. The Morgan fingerprint density at radius 3 is 2.25 bits per heavy atom. The summed E-state index contributed by atoms with van der Waals surface area (Å²) in [7, 11) is 0. The number of halogens is 1. The molecule has 0 radical (unpaired) electrons. The van der Waals surface area contributed by atoms with E-state index in [9.17, 15) is 4.39 Å². The first kappa shape index (κ1) is 16.3. The summed E-state index contributed by atoms with van der Waals surface area (Å²) in [6, 6.07) is 0. The van der Waals surface area contributed by atoms with Crippen molar-refractivity contribution < 1.29 is 4.39 Å². The molecule has 2 aliphatic carbocycles. The molecule has 2 rings (SSSR count). The van der Waals surface area contributed by atoms with E-state index in [0.29, 0.717) is 11.3 Å². The second-order valence-corrected chi connectivity index (χ2v) is 7.68. The van der Waals surface area contributed by atoms with Crippen molar-refractivity contribution in [3.8, 4) is 0 Å². The molecule has 2 fully saturated rings. The first-order chi connectivity index (χ1) is 9.73. The Labute approximate surface area is 125 Å². The van der Waals surface area contributed by atoms with Gasteiger partial charge < -0.3 is 0 Å². The molecule has 0 heterocycles. The van der Waals surface area contributed by atoms with E-state index < -0.39 is 0 Å². The summed E-state index contributed by atoms with van der Waals surface area (Å²) in [6.07, 6.45) is 16.2. The highest BCUT2D eigenvalue weighted by atomic mass is 19.1. The van der Waals surface area contributed by atoms with Gasteiger partial charge in [-0.1, -0.05) is 46.0 Å². The number of hydrogen-bond donors (Lipinski definition) is 0. The van der Waals surface area contributed by atoms with Gasteiger partial charge in [-0.05, 0) is 68.1 Å². The van der Waals surface area contributed by atoms with E-state index >= 15 is 0 Å². The highest BCUT2D eigenvalue weighted by Gasteiger charge is 2.44. The van der Waals surface area contributed by atoms with E-state index in [1.54, 1.807) is 0 Å². The van der Waals surface area contributed by atoms with Crippen LogP contribution in [0.25, 0.3) is 0 Å². The van der Waals surface area contributed by atoms with Crippen LogP contribution in [0.1, 0.15) is 90.9 Å². The molecule has 1 heteroatoms. The lowest BCUT2D eigenvalue weighted by Gasteiger charge is -2.51. The first-order valence-electron chi connectivity index (χ1n) is 9.29. The summed E-state index contributed by atoms with van der Waals surface area (Å²) < 4.78 is 12.6. The van der Waals surface area contributed by atoms with Crippen LogP contribution in [0, 0.1) is 23.2 Å². The number of rotatable bonds is 6. The lowest BCUT2D eigenvalue weighted by molar-refractivity contribution is -0.00830. The van der Waals surface area contributed by atoms with Gasteiger partial charge in [-0.3, -0.25) is 4.39 Å². The van der Waals surface area contributed by atoms with Crippen LogP contribution in [0.3, 0.4) is 0 Å². The third kappa shape index (κ3) is 3.57. The Morgan fingerprint density at radius 1 is 1.05 bits per heavy atom. The molecule has 0 spiro atoms. The zero-order valence-corrected chi connectivity index (χ0v) is 13.8. The molecule has 0 aromatic rings. The molecule has 0 bridgehead atoms. The van der Waals surface area contributed by atoms with E-state index in [0.717, 1.165) is 18.3 Å². The van der Waals surface area contributed by atoms with Crippen molar-refractivity contribution in [2.45, 2.75) is 90.9 Å². The van der Waals surface area contributed by atoms with Crippen molar-refractivity contribution in [1.82, 2.24) is 0 Å². The molecule has 0 aromatic heterocycles. The van der Waals surface area contributed by atoms with E-state index in [-0.39, 0.29) is 6.67 Å². The van der Waals surface area contributed by atoms with Gasteiger partial charge in [0.05, 0.1) is 6.67 Å². The smallest absolute Gasteiger partial charge is 0.0897 e. The third-order valence-electron chi connectivity index (χ3n) is 6.67. The Kier molecular flexibility index (Phi) is 6.36. The Morgan fingerprint density at radius 2 is 1.70 bits per heavy atom. The standard InChI is InChI=1S/C19H35F/c1-3-7-16(2)19(18-8-5-4-6-9-18)13-10-17(11-14-19)12-15-20/h16-18H,3-15H2,1-2H3. The maximum Gasteiger partial charge on any atom is 0.0897 e. The predicted molar refractivity (Wildman–Crippen MR) is 85.6 cm³/mol. The fraction of sp³-hybridized carbons (Fsp3) is 1.00. The van der Waals surface area contributed by atoms with Crippen LogP contribution in [0.15, 0.2) is 0 Å². The van der Waals surface area contributed by atoms with Crippen molar-refractivity contribution in [1.29, 1.82) is 0 Å². The van der Waals surface area contributed by atoms with Crippen molar-refractivity contribution in [3.05, 3.63) is 0 Å². The van der Waals surface area contributed by atoms with Gasteiger partial charge in [-0.15, -0.1) is 0 Å². The average Bonchev–Trinajstić information content (AvgIpc) is 2.49. The van der Waals surface area contributed by atoms with Crippen LogP contribution < -0.4 is 0 Å². The maximum atomic E-state index is 12.6. The minimum absolute atomic E-state index is 0.106. The molecular weight excluding hydrogens is 247 g/mol. The van der Waals surface area contributed by atoms with Gasteiger partial charge in [0, 0.05) is 0 Å². The van der Waals surface area contributed by atoms with Gasteiger partial charge in [-0.25, -0.2) is 0 Å². The molecule has 0 saturated heterocycles. The van der Waals surface area contributed by atoms with Crippen LogP contribution in [0.4, 0.5) is 4.39 Å². The normalized spacial score (nSPS) is 34.0. The second kappa shape index (κ2) is 7.80. The van der Waals surface area contributed by atoms with Crippen molar-refractivity contribution >= 4 is 0 Å². The minimum atomic E-state index is -0.106. The van der Waals surface area contributed by atoms with Crippen LogP contribution in [-0.2, 0) is 0 Å². The van der Waals surface area contributed by atoms with Crippen LogP contribution in [0.5, 0.6) is 0 Å². The number of hydrogen-bond acceptors (Lipinski definition) is 0. The summed E-state index contributed by atoms with van der Waals surface area (Å²) in [6.45, 7) is 4.75. The van der Waals surface area contributed by atoms with Crippen molar-refractivity contribution in [2.24, 2.45) is 23.2 Å². The topological polar surface area (TPSA) is 0 Å². The zero-order chi connectivity index (χ0) is 14.4. The van der Waals surface area contributed by atoms with Crippen LogP contribution >= 0.6 is 0 Å². The number of alkyl halides is 1. The molecule has 0 aromatic carbocycles. The molecule has 1 atom stereocenters. The maximum absolute atomic E-state index is 12.6. The average molecular weight is 282 g/mol. The molecule has 20 heavy (non-hydrogen) atoms. The van der Waals surface area contributed by atoms with E-state index in [1.807, 2.05) is 0 Å². The highest BCUT2D eigenvalue weighted by Crippen LogP contribution is 2.55. The van der Waals surface area contributed by atoms with E-state index in [2.05, 4.69) is 13.8 Å². The van der Waals surface area contributed by atoms with E-state index in [4.69, 9.17) is 0 Å². The molecule has 2 saturated carbocycles. The first-order valence-corrected chi connectivity index (χ1v) is 9.29. The molecule has 118 valence electrons. The molecule has 0 aliphatic heterocycles. The predicted octanol–water partition coefficient (Wildman–Crippen LogP) is 6.54. The van der Waals surface area contributed by atoms with Gasteiger partial charge in [0.2, 0.25) is 0 Å². The fourth-order valence-corrected chi connectivity index (χ4v) is 5.36. The zero-order valence-electron chi connectivity index (χ0n) is 13.8. The van der Waals surface area contributed by atoms with Gasteiger partial charge in [0.15, 0.2) is 0 Å². The Bertz CT molecular complexity index is 259. The second-order valence-electron chi connectivity index (χ2n) is 7.68. The van der Waals surface area contributed by atoms with Gasteiger partial charge in [0.25, 0.3) is 0 Å². The Balaban J connectivity index is 2.05. The van der Waals surface area contributed by atoms with Crippen LogP contribution in [0.2, 0.25) is 0 Å². The fourth-order valence-electron chi connectivity index (χ4n) is 5.36. The van der Waals surface area contributed by atoms with Gasteiger partial charge in [-0.2, -0.15) is 0 Å². The summed E-state index contributed by atoms with van der Waals surface area (Å²) in [5, 5.41) is 0. The SMILES string of the molecule is CCCC(C)C1(C2CCCCC2)CCC(CCF)CC1. The summed E-state index contributed by atoms with van der Waals surface area (Å²) >= 11 is 0. The lowest BCUT2D eigenvalue weighted by Crippen LogP contribution is -2.41. The monoisotopic (exact) mass is 282 g/mol. The molecule has 2 aliphatic rings. The van der Waals surface area contributed by atoms with Gasteiger partial charge >= 0.3 is 0 Å². The van der Waals surface area contributed by atoms with Crippen LogP contribution in [-0.4, -0.2) is 6.67 Å². The molecule has 1 unspecified atom stereocenters. The summed E-state index contributed by atoms with van der Waals surface area (Å²) in [5.74, 6) is 2.54. The molecular formula is C19H35F. The quantitative estimate of drug-likeness (QED) is 0.519. The largest absolute Gasteiger partial charge is 0.251 e.